The predicted octanol–water partition coefficient (Wildman–Crippen LogP) is 4.21. The van der Waals surface area contributed by atoms with E-state index in [1.807, 2.05) is 6.92 Å². The standard InChI is InChI=1S/C26H41NO7/c1-16-9-10-20-17(2)23(31-24-26(20)19(16)13-14-25(3,32-24)33-34-26)30-22(29)12-11-21(28)27-15-18-7-5-4-6-8-18/h16-20,23-24H,4-15H2,1-3H3,(H,27,28)/t16-,17-,19+,20+,23-,24-,25+,26?/m1/s1. The summed E-state index contributed by atoms with van der Waals surface area (Å²) >= 11 is 0. The second-order valence-corrected chi connectivity index (χ2v) is 11.6. The highest BCUT2D eigenvalue weighted by molar-refractivity contribution is 5.81. The van der Waals surface area contributed by atoms with Gasteiger partial charge in [-0.05, 0) is 56.8 Å². The fraction of sp³-hybridized carbons (Fsp3) is 0.923. The van der Waals surface area contributed by atoms with Gasteiger partial charge in [0.1, 0.15) is 0 Å². The highest BCUT2D eigenvalue weighted by atomic mass is 17.3. The van der Waals surface area contributed by atoms with Crippen molar-refractivity contribution in [2.45, 2.75) is 115 Å². The Hall–Kier alpha value is -1.22. The Bertz CT molecular complexity index is 770. The van der Waals surface area contributed by atoms with Gasteiger partial charge in [0.05, 0.1) is 6.42 Å². The molecule has 1 N–H and O–H groups in total. The molecule has 4 heterocycles. The van der Waals surface area contributed by atoms with Crippen LogP contribution >= 0.6 is 0 Å². The number of fused-ring (bicyclic) bond motifs is 2. The number of amides is 1. The molecule has 4 aliphatic heterocycles. The van der Waals surface area contributed by atoms with Gasteiger partial charge in [-0.1, -0.05) is 33.1 Å². The Labute approximate surface area is 202 Å². The van der Waals surface area contributed by atoms with Crippen molar-refractivity contribution in [2.75, 3.05) is 6.54 Å². The van der Waals surface area contributed by atoms with Gasteiger partial charge in [-0.2, -0.15) is 0 Å². The van der Waals surface area contributed by atoms with Crippen molar-refractivity contribution in [3.05, 3.63) is 0 Å². The fourth-order valence-electron chi connectivity index (χ4n) is 7.15. The van der Waals surface area contributed by atoms with Crippen LogP contribution in [-0.2, 0) is 33.6 Å². The molecule has 1 amide bonds. The number of carbonyl (C=O) groups is 2. The molecule has 6 aliphatic rings. The van der Waals surface area contributed by atoms with Crippen molar-refractivity contribution >= 4 is 11.9 Å². The molecule has 8 atom stereocenters. The third kappa shape index (κ3) is 4.51. The average molecular weight is 480 g/mol. The molecule has 2 bridgehead atoms. The summed E-state index contributed by atoms with van der Waals surface area (Å²) in [5, 5.41) is 2.99. The largest absolute Gasteiger partial charge is 0.435 e. The van der Waals surface area contributed by atoms with E-state index in [1.54, 1.807) is 0 Å². The van der Waals surface area contributed by atoms with Gasteiger partial charge in [0.2, 0.25) is 18.0 Å². The molecule has 0 aromatic carbocycles. The van der Waals surface area contributed by atoms with Crippen LogP contribution in [0.5, 0.6) is 0 Å². The summed E-state index contributed by atoms with van der Waals surface area (Å²) in [7, 11) is 0. The first-order chi connectivity index (χ1) is 16.3. The second-order valence-electron chi connectivity index (χ2n) is 11.6. The third-order valence-electron chi connectivity index (χ3n) is 9.21. The minimum Gasteiger partial charge on any atom is -0.435 e. The molecular weight excluding hydrogens is 438 g/mol. The SMILES string of the molecule is C[C@H]1[C@H](OC(=O)CCC(=O)NCC2CCCCC2)O[C@@H]2O[C@]3(C)CC[C@H]4[C@H](C)CC[C@@H]1C24OO3. The Morgan fingerprint density at radius 1 is 0.971 bits per heavy atom. The molecule has 0 aromatic heterocycles. The van der Waals surface area contributed by atoms with Gasteiger partial charge in [0.25, 0.3) is 0 Å². The number of ether oxygens (including phenoxy) is 3. The summed E-state index contributed by atoms with van der Waals surface area (Å²) in [6.07, 6.45) is 8.70. The van der Waals surface area contributed by atoms with Gasteiger partial charge in [0, 0.05) is 31.2 Å². The number of nitrogens with one attached hydrogen (secondary N) is 1. The molecule has 0 radical (unpaired) electrons. The Kier molecular flexibility index (Phi) is 6.97. The lowest BCUT2D eigenvalue weighted by Gasteiger charge is -2.59. The minimum absolute atomic E-state index is 0.0431. The first kappa shape index (κ1) is 24.5. The van der Waals surface area contributed by atoms with Crippen molar-refractivity contribution in [2.24, 2.45) is 29.6 Å². The monoisotopic (exact) mass is 479 g/mol. The van der Waals surface area contributed by atoms with Crippen LogP contribution in [0.2, 0.25) is 0 Å². The van der Waals surface area contributed by atoms with Gasteiger partial charge in [-0.3, -0.25) is 9.59 Å². The molecule has 6 fully saturated rings. The van der Waals surface area contributed by atoms with Crippen LogP contribution in [-0.4, -0.2) is 42.4 Å². The van der Waals surface area contributed by atoms with Crippen molar-refractivity contribution < 1.29 is 33.6 Å². The lowest BCUT2D eigenvalue weighted by molar-refractivity contribution is -0.576. The molecule has 8 heteroatoms. The molecule has 1 spiro atoms. The lowest BCUT2D eigenvalue weighted by atomic mass is 9.58. The van der Waals surface area contributed by atoms with Crippen molar-refractivity contribution in [3.63, 3.8) is 0 Å². The van der Waals surface area contributed by atoms with Crippen molar-refractivity contribution in [3.8, 4) is 0 Å². The van der Waals surface area contributed by atoms with Crippen LogP contribution in [0.4, 0.5) is 0 Å². The summed E-state index contributed by atoms with van der Waals surface area (Å²) < 4.78 is 18.4. The molecule has 1 unspecified atom stereocenters. The molecule has 6 rings (SSSR count). The minimum atomic E-state index is -0.858. The summed E-state index contributed by atoms with van der Waals surface area (Å²) in [5.41, 5.74) is -0.672. The van der Waals surface area contributed by atoms with E-state index in [4.69, 9.17) is 24.0 Å². The topological polar surface area (TPSA) is 92.3 Å². The number of carbonyl (C=O) groups excluding carboxylic acids is 2. The lowest BCUT2D eigenvalue weighted by Crippen LogP contribution is -2.70. The Morgan fingerprint density at radius 2 is 1.76 bits per heavy atom. The van der Waals surface area contributed by atoms with Crippen molar-refractivity contribution in [1.82, 2.24) is 5.32 Å². The highest BCUT2D eigenvalue weighted by Gasteiger charge is 2.69. The zero-order chi connectivity index (χ0) is 23.9. The van der Waals surface area contributed by atoms with E-state index in [-0.39, 0.29) is 36.5 Å². The summed E-state index contributed by atoms with van der Waals surface area (Å²) in [5.74, 6) is -0.00556. The van der Waals surface area contributed by atoms with E-state index in [1.165, 1.54) is 32.1 Å². The molecule has 34 heavy (non-hydrogen) atoms. The van der Waals surface area contributed by atoms with Crippen LogP contribution < -0.4 is 5.32 Å². The van der Waals surface area contributed by atoms with E-state index < -0.39 is 29.9 Å². The van der Waals surface area contributed by atoms with Gasteiger partial charge >= 0.3 is 5.97 Å². The first-order valence-corrected chi connectivity index (χ1v) is 13.5. The Balaban J connectivity index is 1.18. The second kappa shape index (κ2) is 9.68. The molecule has 2 saturated carbocycles. The summed E-state index contributed by atoms with van der Waals surface area (Å²) in [4.78, 5) is 36.9. The summed E-state index contributed by atoms with van der Waals surface area (Å²) in [6.45, 7) is 6.91. The van der Waals surface area contributed by atoms with Gasteiger partial charge < -0.3 is 19.5 Å². The zero-order valence-electron chi connectivity index (χ0n) is 20.9. The van der Waals surface area contributed by atoms with E-state index in [9.17, 15) is 9.59 Å². The maximum atomic E-state index is 12.7. The maximum Gasteiger partial charge on any atom is 0.308 e. The normalized spacial score (nSPS) is 44.1. The number of rotatable bonds is 6. The van der Waals surface area contributed by atoms with Gasteiger partial charge in [-0.25, -0.2) is 9.78 Å². The van der Waals surface area contributed by atoms with Crippen LogP contribution in [0, 0.1) is 29.6 Å². The molecule has 8 nitrogen and oxygen atoms in total. The molecule has 4 saturated heterocycles. The van der Waals surface area contributed by atoms with Crippen molar-refractivity contribution in [1.29, 1.82) is 0 Å². The van der Waals surface area contributed by atoms with Crippen LogP contribution in [0.25, 0.3) is 0 Å². The van der Waals surface area contributed by atoms with Crippen LogP contribution in [0.3, 0.4) is 0 Å². The zero-order valence-corrected chi connectivity index (χ0v) is 20.9. The van der Waals surface area contributed by atoms with Gasteiger partial charge in [-0.15, -0.1) is 0 Å². The summed E-state index contributed by atoms with van der Waals surface area (Å²) in [6, 6.07) is 0. The van der Waals surface area contributed by atoms with E-state index in [2.05, 4.69) is 19.2 Å². The molecule has 2 aliphatic carbocycles. The third-order valence-corrected chi connectivity index (χ3v) is 9.21. The van der Waals surface area contributed by atoms with E-state index >= 15 is 0 Å². The van der Waals surface area contributed by atoms with Gasteiger partial charge in [0.15, 0.2) is 11.9 Å². The van der Waals surface area contributed by atoms with Crippen LogP contribution in [0.15, 0.2) is 0 Å². The quantitative estimate of drug-likeness (QED) is 0.450. The smallest absolute Gasteiger partial charge is 0.308 e. The van der Waals surface area contributed by atoms with E-state index in [0.717, 1.165) is 25.7 Å². The number of hydrogen-bond acceptors (Lipinski definition) is 7. The van der Waals surface area contributed by atoms with Crippen LogP contribution in [0.1, 0.15) is 91.4 Å². The average Bonchev–Trinajstić information content (AvgIpc) is 3.06. The molecular formula is C26H41NO7. The number of hydrogen-bond donors (Lipinski definition) is 1. The van der Waals surface area contributed by atoms with E-state index in [0.29, 0.717) is 18.4 Å². The highest BCUT2D eigenvalue weighted by Crippen LogP contribution is 2.60. The predicted molar refractivity (Wildman–Crippen MR) is 122 cm³/mol. The number of esters is 1. The fourth-order valence-corrected chi connectivity index (χ4v) is 7.15. The first-order valence-electron chi connectivity index (χ1n) is 13.5. The molecule has 0 aromatic rings. The Morgan fingerprint density at radius 3 is 2.56 bits per heavy atom. The maximum absolute atomic E-state index is 12.7. The molecule has 192 valence electrons.